The molecule has 2 atom stereocenters. The molecule has 27 heavy (non-hydrogen) atoms. The van der Waals surface area contributed by atoms with E-state index in [1.54, 1.807) is 12.1 Å². The zero-order valence-corrected chi connectivity index (χ0v) is 16.7. The minimum atomic E-state index is -0.631. The monoisotopic (exact) mass is 399 g/mol. The summed E-state index contributed by atoms with van der Waals surface area (Å²) in [5, 5.41) is 5.31. The van der Waals surface area contributed by atoms with Crippen LogP contribution in [0.5, 0.6) is 5.75 Å². The fourth-order valence-corrected chi connectivity index (χ4v) is 2.60. The van der Waals surface area contributed by atoms with Crippen LogP contribution in [-0.4, -0.2) is 43.7 Å². The summed E-state index contributed by atoms with van der Waals surface area (Å²) < 4.78 is 11.5. The predicted molar refractivity (Wildman–Crippen MR) is 107 cm³/mol. The standard InChI is InChI=1S/C19H29N3O4.ClH/c1-13(2)18(20)19(24)21-11-17(23)22-15-8-3-4-9-16(15)26-12-14-7-5-6-10-25-14;/h3-4,8-9,13-14,18H,5-7,10-12,20H2,1-2H3,(H,21,24)(H,22,23);1H/t14?,18-;/m0./s1. The van der Waals surface area contributed by atoms with Gasteiger partial charge < -0.3 is 25.8 Å². The fraction of sp³-hybridized carbons (Fsp3) is 0.579. The number of carbonyl (C=O) groups is 2. The van der Waals surface area contributed by atoms with Gasteiger partial charge in [0.1, 0.15) is 12.4 Å². The number of carbonyl (C=O) groups excluding carboxylic acids is 2. The minimum absolute atomic E-state index is 0. The normalized spacial score (nSPS) is 17.6. The first kappa shape index (κ1) is 23.2. The summed E-state index contributed by atoms with van der Waals surface area (Å²) in [7, 11) is 0. The average molecular weight is 400 g/mol. The van der Waals surface area contributed by atoms with Gasteiger partial charge in [-0.2, -0.15) is 0 Å². The number of para-hydroxylation sites is 2. The van der Waals surface area contributed by atoms with Crippen LogP contribution in [-0.2, 0) is 14.3 Å². The number of nitrogens with one attached hydrogen (secondary N) is 2. The third-order valence-corrected chi connectivity index (χ3v) is 4.30. The van der Waals surface area contributed by atoms with E-state index in [0.717, 1.165) is 25.9 Å². The van der Waals surface area contributed by atoms with E-state index in [1.807, 2.05) is 26.0 Å². The van der Waals surface area contributed by atoms with Gasteiger partial charge in [0.05, 0.1) is 24.4 Å². The highest BCUT2D eigenvalue weighted by Gasteiger charge is 2.18. The second-order valence-electron chi connectivity index (χ2n) is 6.83. The molecule has 0 radical (unpaired) electrons. The molecule has 0 saturated carbocycles. The molecule has 0 aliphatic carbocycles. The summed E-state index contributed by atoms with van der Waals surface area (Å²) in [4.78, 5) is 24.0. The maximum Gasteiger partial charge on any atom is 0.243 e. The number of nitrogens with two attached hydrogens (primary N) is 1. The number of halogens is 1. The van der Waals surface area contributed by atoms with Gasteiger partial charge in [0.25, 0.3) is 0 Å². The number of benzene rings is 1. The van der Waals surface area contributed by atoms with E-state index in [0.29, 0.717) is 18.0 Å². The van der Waals surface area contributed by atoms with Crippen molar-refractivity contribution >= 4 is 29.9 Å². The van der Waals surface area contributed by atoms with Crippen molar-refractivity contribution in [2.75, 3.05) is 25.1 Å². The lowest BCUT2D eigenvalue weighted by Crippen LogP contribution is -2.46. The van der Waals surface area contributed by atoms with Crippen LogP contribution in [0.15, 0.2) is 24.3 Å². The maximum atomic E-state index is 12.1. The van der Waals surface area contributed by atoms with E-state index in [2.05, 4.69) is 10.6 Å². The molecule has 7 nitrogen and oxygen atoms in total. The topological polar surface area (TPSA) is 103 Å². The third kappa shape index (κ3) is 7.74. The maximum absolute atomic E-state index is 12.1. The van der Waals surface area contributed by atoms with Crippen molar-refractivity contribution in [1.29, 1.82) is 0 Å². The van der Waals surface area contributed by atoms with E-state index in [1.165, 1.54) is 0 Å². The lowest BCUT2D eigenvalue weighted by Gasteiger charge is -2.23. The molecular formula is C19H30ClN3O4. The molecule has 4 N–H and O–H groups in total. The van der Waals surface area contributed by atoms with Gasteiger partial charge in [-0.1, -0.05) is 26.0 Å². The van der Waals surface area contributed by atoms with Crippen LogP contribution in [0.1, 0.15) is 33.1 Å². The SMILES string of the molecule is CC(C)[C@H](N)C(=O)NCC(=O)Nc1ccccc1OCC1CCCCO1.Cl. The molecule has 0 aromatic heterocycles. The molecule has 2 rings (SSSR count). The number of hydrogen-bond donors (Lipinski definition) is 3. The fourth-order valence-electron chi connectivity index (χ4n) is 2.60. The van der Waals surface area contributed by atoms with Gasteiger partial charge in [-0.05, 0) is 37.3 Å². The summed E-state index contributed by atoms with van der Waals surface area (Å²) in [5.74, 6) is -0.0807. The largest absolute Gasteiger partial charge is 0.489 e. The van der Waals surface area contributed by atoms with E-state index >= 15 is 0 Å². The van der Waals surface area contributed by atoms with Crippen LogP contribution in [0, 0.1) is 5.92 Å². The van der Waals surface area contributed by atoms with Crippen molar-refractivity contribution in [2.24, 2.45) is 11.7 Å². The van der Waals surface area contributed by atoms with Crippen molar-refractivity contribution in [2.45, 2.75) is 45.3 Å². The molecule has 1 unspecified atom stereocenters. The van der Waals surface area contributed by atoms with E-state index in [4.69, 9.17) is 15.2 Å². The van der Waals surface area contributed by atoms with E-state index < -0.39 is 6.04 Å². The Morgan fingerprint density at radius 3 is 2.70 bits per heavy atom. The van der Waals surface area contributed by atoms with Gasteiger partial charge in [0, 0.05) is 6.61 Å². The van der Waals surface area contributed by atoms with E-state index in [-0.39, 0.29) is 42.8 Å². The highest BCUT2D eigenvalue weighted by Crippen LogP contribution is 2.24. The van der Waals surface area contributed by atoms with Gasteiger partial charge in [-0.25, -0.2) is 0 Å². The van der Waals surface area contributed by atoms with Crippen LogP contribution in [0.3, 0.4) is 0 Å². The first-order chi connectivity index (χ1) is 12.5. The van der Waals surface area contributed by atoms with Crippen molar-refractivity contribution in [3.05, 3.63) is 24.3 Å². The van der Waals surface area contributed by atoms with Crippen LogP contribution in [0.25, 0.3) is 0 Å². The molecular weight excluding hydrogens is 370 g/mol. The van der Waals surface area contributed by atoms with Crippen molar-refractivity contribution in [3.63, 3.8) is 0 Å². The van der Waals surface area contributed by atoms with Crippen LogP contribution < -0.4 is 21.1 Å². The highest BCUT2D eigenvalue weighted by atomic mass is 35.5. The molecule has 0 bridgehead atoms. The van der Waals surface area contributed by atoms with Gasteiger partial charge in [0.15, 0.2) is 0 Å². The molecule has 8 heteroatoms. The van der Waals surface area contributed by atoms with Gasteiger partial charge in [0.2, 0.25) is 11.8 Å². The predicted octanol–water partition coefficient (Wildman–Crippen LogP) is 2.09. The Balaban J connectivity index is 0.00000364. The van der Waals surface area contributed by atoms with Gasteiger partial charge in [-0.3, -0.25) is 9.59 Å². The number of anilines is 1. The quantitative estimate of drug-likeness (QED) is 0.621. The second kappa shape index (κ2) is 11.8. The molecule has 1 aromatic carbocycles. The lowest BCUT2D eigenvalue weighted by molar-refractivity contribution is -0.125. The molecule has 2 amide bonds. The summed E-state index contributed by atoms with van der Waals surface area (Å²) >= 11 is 0. The van der Waals surface area contributed by atoms with Gasteiger partial charge >= 0.3 is 0 Å². The summed E-state index contributed by atoms with van der Waals surface area (Å²) in [6, 6.07) is 6.58. The Morgan fingerprint density at radius 1 is 1.30 bits per heavy atom. The van der Waals surface area contributed by atoms with Crippen molar-refractivity contribution < 1.29 is 19.1 Å². The average Bonchev–Trinajstić information content (AvgIpc) is 2.65. The summed E-state index contributed by atoms with van der Waals surface area (Å²) in [6.07, 6.45) is 3.31. The van der Waals surface area contributed by atoms with Crippen molar-refractivity contribution in [1.82, 2.24) is 5.32 Å². The zero-order chi connectivity index (χ0) is 18.9. The second-order valence-corrected chi connectivity index (χ2v) is 6.83. The number of hydrogen-bond acceptors (Lipinski definition) is 5. The zero-order valence-electron chi connectivity index (χ0n) is 15.9. The van der Waals surface area contributed by atoms with Gasteiger partial charge in [-0.15, -0.1) is 12.4 Å². The third-order valence-electron chi connectivity index (χ3n) is 4.30. The Bertz CT molecular complexity index is 606. The molecule has 1 aromatic rings. The first-order valence-corrected chi connectivity index (χ1v) is 9.14. The molecule has 1 aliphatic rings. The summed E-state index contributed by atoms with van der Waals surface area (Å²) in [6.45, 7) is 4.79. The molecule has 1 aliphatic heterocycles. The lowest BCUT2D eigenvalue weighted by atomic mass is 10.1. The Morgan fingerprint density at radius 2 is 2.04 bits per heavy atom. The number of ether oxygens (including phenoxy) is 2. The van der Waals surface area contributed by atoms with E-state index in [9.17, 15) is 9.59 Å². The number of amides is 2. The molecule has 1 saturated heterocycles. The highest BCUT2D eigenvalue weighted by molar-refractivity contribution is 5.96. The molecule has 152 valence electrons. The van der Waals surface area contributed by atoms with Crippen LogP contribution in [0.2, 0.25) is 0 Å². The smallest absolute Gasteiger partial charge is 0.243 e. The first-order valence-electron chi connectivity index (χ1n) is 9.14. The summed E-state index contributed by atoms with van der Waals surface area (Å²) in [5.41, 5.74) is 6.32. The Kier molecular flexibility index (Phi) is 10.1. The molecule has 1 fully saturated rings. The number of rotatable bonds is 8. The Hall–Kier alpha value is -1.83. The van der Waals surface area contributed by atoms with Crippen LogP contribution in [0.4, 0.5) is 5.69 Å². The van der Waals surface area contributed by atoms with Crippen molar-refractivity contribution in [3.8, 4) is 5.75 Å². The van der Waals surface area contributed by atoms with Crippen LogP contribution >= 0.6 is 12.4 Å². The minimum Gasteiger partial charge on any atom is -0.489 e. The molecule has 0 spiro atoms. The molecule has 1 heterocycles. The Labute approximate surface area is 166 Å².